The van der Waals surface area contributed by atoms with Gasteiger partial charge in [-0.05, 0) is 12.8 Å². The van der Waals surface area contributed by atoms with E-state index < -0.39 is 0 Å². The van der Waals surface area contributed by atoms with Crippen molar-refractivity contribution in [1.82, 2.24) is 19.9 Å². The zero-order chi connectivity index (χ0) is 11.5. The highest BCUT2D eigenvalue weighted by Crippen LogP contribution is 2.07. The summed E-state index contributed by atoms with van der Waals surface area (Å²) in [5, 5.41) is 0. The number of fused-ring (bicyclic) bond motifs is 1. The van der Waals surface area contributed by atoms with Gasteiger partial charge in [-0.2, -0.15) is 4.98 Å². The van der Waals surface area contributed by atoms with Crippen LogP contribution < -0.4 is 11.3 Å². The van der Waals surface area contributed by atoms with Crippen molar-refractivity contribution in [2.24, 2.45) is 0 Å². The molecule has 2 rings (SSSR count). The summed E-state index contributed by atoms with van der Waals surface area (Å²) in [6.07, 6.45) is 2.60. The Morgan fingerprint density at radius 3 is 2.81 bits per heavy atom. The van der Waals surface area contributed by atoms with Crippen LogP contribution in [0.25, 0.3) is 11.2 Å². The molecule has 16 heavy (non-hydrogen) atoms. The molecule has 7 heteroatoms. The van der Waals surface area contributed by atoms with Crippen molar-refractivity contribution < 1.29 is 0 Å². The fourth-order valence-electron chi connectivity index (χ4n) is 1.48. The number of aryl methyl sites for hydroxylation is 1. The molecular formula is C9H12ClN5O. The van der Waals surface area contributed by atoms with Crippen LogP contribution in [0.1, 0.15) is 18.7 Å². The van der Waals surface area contributed by atoms with Crippen LogP contribution in [0.2, 0.25) is 0 Å². The van der Waals surface area contributed by atoms with Gasteiger partial charge in [0.25, 0.3) is 5.56 Å². The Balaban J connectivity index is 2.29. The standard InChI is InChI=1S/C9H12ClN5O/c10-4-2-1-3-5-12-6-7(13-5)14-9(11)15-8(6)16/h1-4H2,(H4,11,12,13,14,15,16). The average molecular weight is 242 g/mol. The summed E-state index contributed by atoms with van der Waals surface area (Å²) in [7, 11) is 0. The van der Waals surface area contributed by atoms with Gasteiger partial charge in [0.1, 0.15) is 5.82 Å². The van der Waals surface area contributed by atoms with Crippen LogP contribution in [-0.2, 0) is 6.42 Å². The number of hydrogen-bond acceptors (Lipinski definition) is 4. The molecule has 0 spiro atoms. The largest absolute Gasteiger partial charge is 0.369 e. The van der Waals surface area contributed by atoms with E-state index >= 15 is 0 Å². The summed E-state index contributed by atoms with van der Waals surface area (Å²) in [5.41, 5.74) is 5.86. The zero-order valence-electron chi connectivity index (χ0n) is 8.59. The zero-order valence-corrected chi connectivity index (χ0v) is 9.34. The van der Waals surface area contributed by atoms with Gasteiger partial charge in [-0.25, -0.2) is 4.98 Å². The maximum Gasteiger partial charge on any atom is 0.278 e. The smallest absolute Gasteiger partial charge is 0.278 e. The predicted octanol–water partition coefficient (Wildman–Crippen LogP) is 0.790. The van der Waals surface area contributed by atoms with Crippen molar-refractivity contribution >= 4 is 28.7 Å². The van der Waals surface area contributed by atoms with Crippen molar-refractivity contribution in [2.45, 2.75) is 19.3 Å². The second-order valence-corrected chi connectivity index (χ2v) is 3.86. The summed E-state index contributed by atoms with van der Waals surface area (Å²) in [6.45, 7) is 0. The van der Waals surface area contributed by atoms with Crippen LogP contribution in [0.5, 0.6) is 0 Å². The molecule has 2 aromatic rings. The number of rotatable bonds is 4. The summed E-state index contributed by atoms with van der Waals surface area (Å²) in [4.78, 5) is 25.0. The third-order valence-electron chi connectivity index (χ3n) is 2.23. The minimum Gasteiger partial charge on any atom is -0.369 e. The topological polar surface area (TPSA) is 100 Å². The molecule has 0 aliphatic heterocycles. The van der Waals surface area contributed by atoms with Crippen molar-refractivity contribution in [3.63, 3.8) is 0 Å². The average Bonchev–Trinajstić information content (AvgIpc) is 2.61. The number of imidazole rings is 1. The summed E-state index contributed by atoms with van der Waals surface area (Å²) >= 11 is 5.58. The molecule has 0 fully saturated rings. The van der Waals surface area contributed by atoms with E-state index in [1.807, 2.05) is 0 Å². The van der Waals surface area contributed by atoms with Gasteiger partial charge < -0.3 is 10.7 Å². The van der Waals surface area contributed by atoms with E-state index in [9.17, 15) is 4.79 Å². The lowest BCUT2D eigenvalue weighted by Gasteiger charge is -1.92. The molecule has 0 saturated carbocycles. The number of aromatic amines is 2. The number of anilines is 1. The molecule has 0 atom stereocenters. The number of halogens is 1. The van der Waals surface area contributed by atoms with Crippen molar-refractivity contribution in [2.75, 3.05) is 11.6 Å². The Morgan fingerprint density at radius 1 is 1.25 bits per heavy atom. The summed E-state index contributed by atoms with van der Waals surface area (Å²) < 4.78 is 0. The van der Waals surface area contributed by atoms with E-state index in [0.717, 1.165) is 25.1 Å². The molecule has 0 unspecified atom stereocenters. The Morgan fingerprint density at radius 2 is 2.06 bits per heavy atom. The molecule has 0 saturated heterocycles. The van der Waals surface area contributed by atoms with Gasteiger partial charge in [-0.1, -0.05) is 0 Å². The second-order valence-electron chi connectivity index (χ2n) is 3.48. The first kappa shape index (κ1) is 10.9. The lowest BCUT2D eigenvalue weighted by molar-refractivity contribution is 0.768. The third kappa shape index (κ3) is 2.16. The highest BCUT2D eigenvalue weighted by atomic mass is 35.5. The van der Waals surface area contributed by atoms with Gasteiger partial charge in [0, 0.05) is 12.3 Å². The summed E-state index contributed by atoms with van der Waals surface area (Å²) in [6, 6.07) is 0. The van der Waals surface area contributed by atoms with Crippen LogP contribution >= 0.6 is 11.6 Å². The predicted molar refractivity (Wildman–Crippen MR) is 62.6 cm³/mol. The quantitative estimate of drug-likeness (QED) is 0.544. The lowest BCUT2D eigenvalue weighted by atomic mass is 10.2. The SMILES string of the molecule is Nc1nc2nc(CCCCCl)[nH]c2c(=O)[nH]1. The van der Waals surface area contributed by atoms with Gasteiger partial charge in [0.05, 0.1) is 0 Å². The van der Waals surface area contributed by atoms with Gasteiger partial charge >= 0.3 is 0 Å². The molecule has 0 radical (unpaired) electrons. The number of nitrogens with one attached hydrogen (secondary N) is 2. The summed E-state index contributed by atoms with van der Waals surface area (Å²) in [5.74, 6) is 1.45. The molecule has 2 heterocycles. The monoisotopic (exact) mass is 241 g/mol. The number of aromatic nitrogens is 4. The number of nitrogens with two attached hydrogens (primary N) is 1. The minimum absolute atomic E-state index is 0.0799. The first-order valence-electron chi connectivity index (χ1n) is 5.01. The number of hydrogen-bond donors (Lipinski definition) is 3. The van der Waals surface area contributed by atoms with E-state index in [-0.39, 0.29) is 11.5 Å². The molecule has 0 aliphatic rings. The number of alkyl halides is 1. The number of unbranched alkanes of at least 4 members (excludes halogenated alkanes) is 1. The Kier molecular flexibility index (Phi) is 3.09. The Hall–Kier alpha value is -1.56. The minimum atomic E-state index is -0.293. The molecule has 0 aliphatic carbocycles. The number of nitrogens with zero attached hydrogens (tertiary/aromatic N) is 2. The van der Waals surface area contributed by atoms with Crippen LogP contribution in [0.15, 0.2) is 4.79 Å². The van der Waals surface area contributed by atoms with Crippen LogP contribution in [-0.4, -0.2) is 25.8 Å². The van der Waals surface area contributed by atoms with Crippen molar-refractivity contribution in [1.29, 1.82) is 0 Å². The van der Waals surface area contributed by atoms with Crippen LogP contribution in [0.3, 0.4) is 0 Å². The van der Waals surface area contributed by atoms with Crippen LogP contribution in [0.4, 0.5) is 5.95 Å². The molecule has 86 valence electrons. The van der Waals surface area contributed by atoms with E-state index in [2.05, 4.69) is 19.9 Å². The fraction of sp³-hybridized carbons (Fsp3) is 0.444. The molecule has 6 nitrogen and oxygen atoms in total. The van der Waals surface area contributed by atoms with E-state index in [4.69, 9.17) is 17.3 Å². The Bertz CT molecular complexity index is 546. The molecular weight excluding hydrogens is 230 g/mol. The first-order valence-corrected chi connectivity index (χ1v) is 5.54. The molecule has 2 aromatic heterocycles. The normalized spacial score (nSPS) is 11.1. The maximum absolute atomic E-state index is 11.5. The van der Waals surface area contributed by atoms with E-state index in [1.165, 1.54) is 0 Å². The second kappa shape index (κ2) is 4.52. The first-order chi connectivity index (χ1) is 7.70. The lowest BCUT2D eigenvalue weighted by Crippen LogP contribution is -2.10. The molecule has 0 aromatic carbocycles. The van der Waals surface area contributed by atoms with Gasteiger partial charge in [0.15, 0.2) is 11.2 Å². The van der Waals surface area contributed by atoms with Gasteiger partial charge in [-0.15, -0.1) is 11.6 Å². The fourth-order valence-corrected chi connectivity index (χ4v) is 1.67. The third-order valence-corrected chi connectivity index (χ3v) is 2.49. The van der Waals surface area contributed by atoms with E-state index in [0.29, 0.717) is 17.0 Å². The Labute approximate surface area is 96.2 Å². The highest BCUT2D eigenvalue weighted by molar-refractivity contribution is 6.17. The van der Waals surface area contributed by atoms with Gasteiger partial charge in [0.2, 0.25) is 5.95 Å². The van der Waals surface area contributed by atoms with Crippen LogP contribution in [0, 0.1) is 0 Å². The van der Waals surface area contributed by atoms with E-state index in [1.54, 1.807) is 0 Å². The number of H-pyrrole nitrogens is 2. The molecule has 0 amide bonds. The molecule has 0 bridgehead atoms. The molecule has 4 N–H and O–H groups in total. The van der Waals surface area contributed by atoms with Crippen molar-refractivity contribution in [3.05, 3.63) is 16.2 Å². The highest BCUT2D eigenvalue weighted by Gasteiger charge is 2.07. The number of nitrogen functional groups attached to an aromatic ring is 1. The van der Waals surface area contributed by atoms with Gasteiger partial charge in [-0.3, -0.25) is 9.78 Å². The van der Waals surface area contributed by atoms with Crippen molar-refractivity contribution in [3.8, 4) is 0 Å². The maximum atomic E-state index is 11.5.